The van der Waals surface area contributed by atoms with Crippen LogP contribution in [0.1, 0.15) is 38.5 Å². The highest BCUT2D eigenvalue weighted by Crippen LogP contribution is 2.29. The molecule has 1 aliphatic carbocycles. The molecule has 1 fully saturated rings. The molecule has 3 heteroatoms. The predicted octanol–water partition coefficient (Wildman–Crippen LogP) is 5.51. The number of benzene rings is 2. The molecule has 2 aromatic rings. The third-order valence-electron chi connectivity index (χ3n) is 4.34. The van der Waals surface area contributed by atoms with Gasteiger partial charge in [-0.2, -0.15) is 0 Å². The molecule has 3 rings (SSSR count). The predicted molar refractivity (Wildman–Crippen MR) is 91.5 cm³/mol. The Hall–Kier alpha value is -1.35. The fourth-order valence-electron chi connectivity index (χ4n) is 3.15. The van der Waals surface area contributed by atoms with E-state index >= 15 is 0 Å². The number of hydrogen-bond donors (Lipinski definition) is 1. The lowest BCUT2D eigenvalue weighted by Gasteiger charge is -2.10. The van der Waals surface area contributed by atoms with Crippen molar-refractivity contribution in [3.8, 4) is 0 Å². The van der Waals surface area contributed by atoms with Crippen molar-refractivity contribution in [3.63, 3.8) is 0 Å². The number of carbonyl (C=O) groups is 1. The van der Waals surface area contributed by atoms with Gasteiger partial charge in [0.05, 0.1) is 0 Å². The lowest BCUT2D eigenvalue weighted by atomic mass is 10.0. The summed E-state index contributed by atoms with van der Waals surface area (Å²) in [7, 11) is 0. The van der Waals surface area contributed by atoms with Crippen molar-refractivity contribution in [2.75, 3.05) is 5.32 Å². The van der Waals surface area contributed by atoms with E-state index in [0.717, 1.165) is 27.9 Å². The summed E-state index contributed by atoms with van der Waals surface area (Å²) < 4.78 is 1.07. The summed E-state index contributed by atoms with van der Waals surface area (Å²) in [6.07, 6.45) is 6.96. The molecule has 2 nitrogen and oxygen atoms in total. The minimum Gasteiger partial charge on any atom is -0.326 e. The van der Waals surface area contributed by atoms with Gasteiger partial charge < -0.3 is 5.32 Å². The van der Waals surface area contributed by atoms with E-state index in [0.29, 0.717) is 6.42 Å². The van der Waals surface area contributed by atoms with E-state index in [2.05, 4.69) is 33.4 Å². The lowest BCUT2D eigenvalue weighted by molar-refractivity contribution is -0.116. The molecule has 0 atom stereocenters. The van der Waals surface area contributed by atoms with Gasteiger partial charge in [0.15, 0.2) is 0 Å². The Morgan fingerprint density at radius 3 is 2.62 bits per heavy atom. The Balaban J connectivity index is 1.61. The zero-order valence-electron chi connectivity index (χ0n) is 12.1. The van der Waals surface area contributed by atoms with E-state index in [-0.39, 0.29) is 5.91 Å². The standard InChI is InChI=1S/C18H20BrNO/c19-16-8-6-15-12-17(9-7-14(15)11-16)20-18(21)10-5-13-3-1-2-4-13/h6-9,11-13H,1-5,10H2,(H,20,21). The zero-order valence-corrected chi connectivity index (χ0v) is 13.7. The van der Waals surface area contributed by atoms with Crippen molar-refractivity contribution in [3.05, 3.63) is 40.9 Å². The molecule has 1 amide bonds. The third-order valence-corrected chi connectivity index (χ3v) is 4.83. The van der Waals surface area contributed by atoms with Crippen LogP contribution in [-0.2, 0) is 4.79 Å². The molecular weight excluding hydrogens is 326 g/mol. The van der Waals surface area contributed by atoms with Gasteiger partial charge >= 0.3 is 0 Å². The summed E-state index contributed by atoms with van der Waals surface area (Å²) >= 11 is 3.47. The van der Waals surface area contributed by atoms with Crippen LogP contribution < -0.4 is 5.32 Å². The Kier molecular flexibility index (Phi) is 4.59. The monoisotopic (exact) mass is 345 g/mol. The SMILES string of the molecule is O=C(CCC1CCCC1)Nc1ccc2cc(Br)ccc2c1. The number of amides is 1. The summed E-state index contributed by atoms with van der Waals surface area (Å²) in [5, 5.41) is 5.34. The highest BCUT2D eigenvalue weighted by atomic mass is 79.9. The van der Waals surface area contributed by atoms with Crippen LogP contribution in [0.25, 0.3) is 10.8 Å². The van der Waals surface area contributed by atoms with E-state index in [1.807, 2.05) is 24.3 Å². The number of nitrogens with one attached hydrogen (secondary N) is 1. The molecule has 0 aromatic heterocycles. The van der Waals surface area contributed by atoms with Crippen LogP contribution in [0.3, 0.4) is 0 Å². The van der Waals surface area contributed by atoms with Crippen molar-refractivity contribution >= 4 is 38.3 Å². The maximum absolute atomic E-state index is 12.0. The first kappa shape index (κ1) is 14.6. The van der Waals surface area contributed by atoms with E-state index in [9.17, 15) is 4.79 Å². The van der Waals surface area contributed by atoms with Crippen molar-refractivity contribution < 1.29 is 4.79 Å². The molecule has 1 aliphatic rings. The van der Waals surface area contributed by atoms with E-state index in [1.165, 1.54) is 31.1 Å². The minimum absolute atomic E-state index is 0.137. The fraction of sp³-hybridized carbons (Fsp3) is 0.389. The molecule has 1 saturated carbocycles. The first-order valence-corrected chi connectivity index (χ1v) is 8.49. The van der Waals surface area contributed by atoms with Gasteiger partial charge in [-0.3, -0.25) is 4.79 Å². The van der Waals surface area contributed by atoms with Crippen molar-refractivity contribution in [2.45, 2.75) is 38.5 Å². The molecule has 0 spiro atoms. The summed E-state index contributed by atoms with van der Waals surface area (Å²) in [6.45, 7) is 0. The van der Waals surface area contributed by atoms with Gasteiger partial charge in [0.25, 0.3) is 0 Å². The second-order valence-electron chi connectivity index (χ2n) is 5.94. The Bertz CT molecular complexity index is 647. The first-order valence-electron chi connectivity index (χ1n) is 7.70. The van der Waals surface area contributed by atoms with E-state index < -0.39 is 0 Å². The summed E-state index contributed by atoms with van der Waals surface area (Å²) in [5.74, 6) is 0.906. The first-order chi connectivity index (χ1) is 10.2. The molecular formula is C18H20BrNO. The van der Waals surface area contributed by atoms with Gasteiger partial charge in [0, 0.05) is 16.6 Å². The van der Waals surface area contributed by atoms with Gasteiger partial charge in [-0.05, 0) is 47.4 Å². The molecule has 0 radical (unpaired) electrons. The number of carbonyl (C=O) groups excluding carboxylic acids is 1. The number of anilines is 1. The van der Waals surface area contributed by atoms with Crippen LogP contribution in [0.5, 0.6) is 0 Å². The highest BCUT2D eigenvalue weighted by molar-refractivity contribution is 9.10. The lowest BCUT2D eigenvalue weighted by Crippen LogP contribution is -2.12. The highest BCUT2D eigenvalue weighted by Gasteiger charge is 2.16. The number of hydrogen-bond acceptors (Lipinski definition) is 1. The van der Waals surface area contributed by atoms with Crippen LogP contribution in [0, 0.1) is 5.92 Å². The van der Waals surface area contributed by atoms with Crippen LogP contribution >= 0.6 is 15.9 Å². The normalized spacial score (nSPS) is 15.5. The average molecular weight is 346 g/mol. The van der Waals surface area contributed by atoms with Crippen LogP contribution in [0.15, 0.2) is 40.9 Å². The molecule has 0 heterocycles. The number of halogens is 1. The smallest absolute Gasteiger partial charge is 0.224 e. The maximum atomic E-state index is 12.0. The Morgan fingerprint density at radius 1 is 1.10 bits per heavy atom. The number of fused-ring (bicyclic) bond motifs is 1. The molecule has 0 saturated heterocycles. The van der Waals surface area contributed by atoms with Crippen molar-refractivity contribution in [2.24, 2.45) is 5.92 Å². The average Bonchev–Trinajstić information content (AvgIpc) is 2.99. The van der Waals surface area contributed by atoms with Gasteiger partial charge in [-0.25, -0.2) is 0 Å². The number of rotatable bonds is 4. The fourth-order valence-corrected chi connectivity index (χ4v) is 3.53. The summed E-state index contributed by atoms with van der Waals surface area (Å²) in [6, 6.07) is 12.2. The molecule has 2 aromatic carbocycles. The van der Waals surface area contributed by atoms with Crippen LogP contribution in [-0.4, -0.2) is 5.91 Å². The van der Waals surface area contributed by atoms with Gasteiger partial charge in [-0.15, -0.1) is 0 Å². The molecule has 0 aliphatic heterocycles. The van der Waals surface area contributed by atoms with E-state index in [4.69, 9.17) is 0 Å². The van der Waals surface area contributed by atoms with Crippen LogP contribution in [0.2, 0.25) is 0 Å². The van der Waals surface area contributed by atoms with Crippen LogP contribution in [0.4, 0.5) is 5.69 Å². The van der Waals surface area contributed by atoms with Gasteiger partial charge in [0.1, 0.15) is 0 Å². The van der Waals surface area contributed by atoms with Crippen molar-refractivity contribution in [1.82, 2.24) is 0 Å². The zero-order chi connectivity index (χ0) is 14.7. The Labute approximate surface area is 134 Å². The van der Waals surface area contributed by atoms with Crippen molar-refractivity contribution in [1.29, 1.82) is 0 Å². The minimum atomic E-state index is 0.137. The maximum Gasteiger partial charge on any atom is 0.224 e. The summed E-state index contributed by atoms with van der Waals surface area (Å²) in [4.78, 5) is 12.0. The van der Waals surface area contributed by atoms with Gasteiger partial charge in [0.2, 0.25) is 5.91 Å². The van der Waals surface area contributed by atoms with E-state index in [1.54, 1.807) is 0 Å². The third kappa shape index (κ3) is 3.85. The quantitative estimate of drug-likeness (QED) is 0.777. The molecule has 1 N–H and O–H groups in total. The second-order valence-corrected chi connectivity index (χ2v) is 6.86. The van der Waals surface area contributed by atoms with Gasteiger partial charge in [-0.1, -0.05) is 53.7 Å². The molecule has 21 heavy (non-hydrogen) atoms. The molecule has 0 bridgehead atoms. The molecule has 0 unspecified atom stereocenters. The Morgan fingerprint density at radius 2 is 1.81 bits per heavy atom. The second kappa shape index (κ2) is 6.61. The topological polar surface area (TPSA) is 29.1 Å². The summed E-state index contributed by atoms with van der Waals surface area (Å²) in [5.41, 5.74) is 0.890. The molecule has 110 valence electrons. The largest absolute Gasteiger partial charge is 0.326 e.